The Hall–Kier alpha value is -3.12. The molecule has 6 nitrogen and oxygen atoms in total. The van der Waals surface area contributed by atoms with Gasteiger partial charge in [-0.1, -0.05) is 30.3 Å². The lowest BCUT2D eigenvalue weighted by Gasteiger charge is -2.22. The molecule has 0 radical (unpaired) electrons. The zero-order chi connectivity index (χ0) is 22.2. The molecule has 0 fully saturated rings. The molecular formula is C25H30N2O4. The average molecular weight is 423 g/mol. The number of nitrogens with zero attached hydrogens (tertiary/aromatic N) is 2. The van der Waals surface area contributed by atoms with Crippen molar-refractivity contribution in [3.8, 4) is 17.2 Å². The van der Waals surface area contributed by atoms with Gasteiger partial charge in [0, 0.05) is 12.0 Å². The van der Waals surface area contributed by atoms with E-state index in [1.807, 2.05) is 87.4 Å². The van der Waals surface area contributed by atoms with E-state index in [0.717, 1.165) is 28.3 Å². The summed E-state index contributed by atoms with van der Waals surface area (Å²) in [6.07, 6.45) is 1.25. The zero-order valence-corrected chi connectivity index (χ0v) is 18.6. The number of aryl methyl sites for hydroxylation is 1. The second-order valence-corrected chi connectivity index (χ2v) is 7.57. The topological polar surface area (TPSA) is 64.8 Å². The second-order valence-electron chi connectivity index (χ2n) is 7.57. The van der Waals surface area contributed by atoms with Crippen molar-refractivity contribution in [2.75, 3.05) is 27.3 Å². The van der Waals surface area contributed by atoms with E-state index < -0.39 is 0 Å². The number of aromatic nitrogens is 1. The molecule has 1 aromatic heterocycles. The maximum absolute atomic E-state index is 12.1. The number of ether oxygens (including phenoxy) is 2. The molecule has 164 valence electrons. The van der Waals surface area contributed by atoms with Crippen molar-refractivity contribution in [3.05, 3.63) is 71.6 Å². The summed E-state index contributed by atoms with van der Waals surface area (Å²) in [5.74, 6) is 2.03. The minimum absolute atomic E-state index is 0.203. The normalized spacial score (nSPS) is 12.0. The Bertz CT molecular complexity index is 965. The van der Waals surface area contributed by atoms with Crippen LogP contribution in [0.5, 0.6) is 5.75 Å². The van der Waals surface area contributed by atoms with Gasteiger partial charge in [-0.15, -0.1) is 0 Å². The Morgan fingerprint density at radius 2 is 1.81 bits per heavy atom. The van der Waals surface area contributed by atoms with Crippen molar-refractivity contribution in [1.29, 1.82) is 0 Å². The molecule has 1 heterocycles. The van der Waals surface area contributed by atoms with E-state index in [9.17, 15) is 4.79 Å². The highest BCUT2D eigenvalue weighted by atomic mass is 16.5. The van der Waals surface area contributed by atoms with Crippen LogP contribution in [0.2, 0.25) is 0 Å². The molecule has 3 aromatic rings. The predicted octanol–water partition coefficient (Wildman–Crippen LogP) is 4.31. The fraction of sp³-hybridized carbons (Fsp3) is 0.360. The van der Waals surface area contributed by atoms with Crippen LogP contribution in [0.25, 0.3) is 11.5 Å². The summed E-state index contributed by atoms with van der Waals surface area (Å²) in [5.41, 5.74) is 2.92. The van der Waals surface area contributed by atoms with Gasteiger partial charge in [-0.25, -0.2) is 4.98 Å². The highest BCUT2D eigenvalue weighted by Crippen LogP contribution is 2.22. The molecular weight excluding hydrogens is 392 g/mol. The monoisotopic (exact) mass is 422 g/mol. The molecule has 0 aliphatic rings. The van der Waals surface area contributed by atoms with Crippen LogP contribution in [0.1, 0.15) is 23.9 Å². The van der Waals surface area contributed by atoms with Gasteiger partial charge in [-0.3, -0.25) is 9.69 Å². The highest BCUT2D eigenvalue weighted by Gasteiger charge is 2.22. The predicted molar refractivity (Wildman–Crippen MR) is 120 cm³/mol. The summed E-state index contributed by atoms with van der Waals surface area (Å²) in [6.45, 7) is 4.63. The molecule has 0 spiro atoms. The van der Waals surface area contributed by atoms with Gasteiger partial charge in [0.1, 0.15) is 17.6 Å². The number of oxazole rings is 1. The summed E-state index contributed by atoms with van der Waals surface area (Å²) in [7, 11) is 3.77. The SMILES string of the molecule is CCOC(=O)C(Cc1ccc(OCCc2nc(-c3ccccc3)oc2C)cc1)N(C)C. The lowest BCUT2D eigenvalue weighted by Crippen LogP contribution is -2.38. The lowest BCUT2D eigenvalue weighted by atomic mass is 10.1. The molecule has 0 amide bonds. The van der Waals surface area contributed by atoms with Crippen LogP contribution in [-0.2, 0) is 22.4 Å². The van der Waals surface area contributed by atoms with E-state index in [1.165, 1.54) is 0 Å². The first-order valence-electron chi connectivity index (χ1n) is 10.5. The van der Waals surface area contributed by atoms with E-state index in [2.05, 4.69) is 4.98 Å². The van der Waals surface area contributed by atoms with E-state index in [-0.39, 0.29) is 12.0 Å². The van der Waals surface area contributed by atoms with Crippen LogP contribution >= 0.6 is 0 Å². The molecule has 1 atom stereocenters. The third kappa shape index (κ3) is 6.18. The summed E-state index contributed by atoms with van der Waals surface area (Å²) in [6, 6.07) is 17.4. The Morgan fingerprint density at radius 3 is 2.45 bits per heavy atom. The molecule has 1 unspecified atom stereocenters. The van der Waals surface area contributed by atoms with Gasteiger partial charge >= 0.3 is 5.97 Å². The summed E-state index contributed by atoms with van der Waals surface area (Å²) in [5, 5.41) is 0. The Morgan fingerprint density at radius 1 is 1.10 bits per heavy atom. The van der Waals surface area contributed by atoms with E-state index in [0.29, 0.717) is 31.9 Å². The average Bonchev–Trinajstić information content (AvgIpc) is 3.14. The Balaban J connectivity index is 1.54. The number of hydrogen-bond donors (Lipinski definition) is 0. The lowest BCUT2D eigenvalue weighted by molar-refractivity contribution is -0.148. The fourth-order valence-electron chi connectivity index (χ4n) is 3.29. The number of hydrogen-bond acceptors (Lipinski definition) is 6. The number of benzene rings is 2. The first-order chi connectivity index (χ1) is 15.0. The largest absolute Gasteiger partial charge is 0.493 e. The first kappa shape index (κ1) is 22.6. The van der Waals surface area contributed by atoms with Gasteiger partial charge < -0.3 is 13.9 Å². The van der Waals surface area contributed by atoms with Gasteiger partial charge in [0.05, 0.1) is 18.9 Å². The third-order valence-corrected chi connectivity index (χ3v) is 5.06. The minimum Gasteiger partial charge on any atom is -0.493 e. The van der Waals surface area contributed by atoms with Gasteiger partial charge in [-0.05, 0) is 64.2 Å². The highest BCUT2D eigenvalue weighted by molar-refractivity contribution is 5.76. The molecule has 0 aliphatic carbocycles. The van der Waals surface area contributed by atoms with Crippen LogP contribution in [0.3, 0.4) is 0 Å². The van der Waals surface area contributed by atoms with Crippen LogP contribution in [0.15, 0.2) is 59.0 Å². The van der Waals surface area contributed by atoms with Gasteiger partial charge in [0.15, 0.2) is 0 Å². The van der Waals surface area contributed by atoms with E-state index in [4.69, 9.17) is 13.9 Å². The van der Waals surface area contributed by atoms with Gasteiger partial charge in [0.2, 0.25) is 5.89 Å². The second kappa shape index (κ2) is 10.8. The smallest absolute Gasteiger partial charge is 0.323 e. The molecule has 0 saturated heterocycles. The van der Waals surface area contributed by atoms with Crippen molar-refractivity contribution in [3.63, 3.8) is 0 Å². The quantitative estimate of drug-likeness (QED) is 0.454. The summed E-state index contributed by atoms with van der Waals surface area (Å²) < 4.78 is 16.9. The number of carbonyl (C=O) groups is 1. The third-order valence-electron chi connectivity index (χ3n) is 5.06. The van der Waals surface area contributed by atoms with Crippen molar-refractivity contribution >= 4 is 5.97 Å². The maximum Gasteiger partial charge on any atom is 0.323 e. The van der Waals surface area contributed by atoms with Crippen molar-refractivity contribution in [2.24, 2.45) is 0 Å². The van der Waals surface area contributed by atoms with Crippen molar-refractivity contribution in [2.45, 2.75) is 32.7 Å². The molecule has 0 saturated carbocycles. The van der Waals surface area contributed by atoms with Crippen LogP contribution < -0.4 is 4.74 Å². The Kier molecular flexibility index (Phi) is 7.84. The Labute approximate surface area is 183 Å². The van der Waals surface area contributed by atoms with Crippen LogP contribution in [0, 0.1) is 6.92 Å². The van der Waals surface area contributed by atoms with Crippen molar-refractivity contribution < 1.29 is 18.7 Å². The summed E-state index contributed by atoms with van der Waals surface area (Å²) in [4.78, 5) is 18.6. The molecule has 6 heteroatoms. The number of carbonyl (C=O) groups excluding carboxylic acids is 1. The molecule has 0 bridgehead atoms. The number of rotatable bonds is 10. The van der Waals surface area contributed by atoms with E-state index in [1.54, 1.807) is 0 Å². The molecule has 2 aromatic carbocycles. The molecule has 3 rings (SSSR count). The number of likely N-dealkylation sites (N-methyl/N-ethyl adjacent to an activating group) is 1. The van der Waals surface area contributed by atoms with E-state index >= 15 is 0 Å². The first-order valence-corrected chi connectivity index (χ1v) is 10.5. The van der Waals surface area contributed by atoms with Crippen molar-refractivity contribution in [1.82, 2.24) is 9.88 Å². The maximum atomic E-state index is 12.1. The standard InChI is InChI=1S/C25H30N2O4/c1-5-29-25(28)23(27(3)4)17-19-11-13-21(14-12-19)30-16-15-22-18(2)31-24(26-22)20-9-7-6-8-10-20/h6-14,23H,5,15-17H2,1-4H3. The molecule has 31 heavy (non-hydrogen) atoms. The zero-order valence-electron chi connectivity index (χ0n) is 18.6. The molecule has 0 N–H and O–H groups in total. The van der Waals surface area contributed by atoms with Crippen LogP contribution in [0.4, 0.5) is 0 Å². The number of esters is 1. The van der Waals surface area contributed by atoms with Gasteiger partial charge in [0.25, 0.3) is 0 Å². The minimum atomic E-state index is -0.305. The van der Waals surface area contributed by atoms with Crippen LogP contribution in [-0.4, -0.2) is 49.2 Å². The summed E-state index contributed by atoms with van der Waals surface area (Å²) >= 11 is 0. The molecule has 0 aliphatic heterocycles. The fourth-order valence-corrected chi connectivity index (χ4v) is 3.29. The van der Waals surface area contributed by atoms with Gasteiger partial charge in [-0.2, -0.15) is 0 Å².